The molecular weight excluding hydrogens is 455 g/mol. The molecule has 0 atom stereocenters. The third-order valence-electron chi connectivity index (χ3n) is 5.80. The second kappa shape index (κ2) is 9.38. The Morgan fingerprint density at radius 1 is 1.21 bits per heavy atom. The number of nitrogens with one attached hydrogen (secondary N) is 1. The first-order valence-corrected chi connectivity index (χ1v) is 11.3. The number of carboxylic acids is 1. The van der Waals surface area contributed by atoms with Gasteiger partial charge in [-0.1, -0.05) is 12.1 Å². The van der Waals surface area contributed by atoms with Crippen LogP contribution in [-0.4, -0.2) is 27.1 Å². The first-order chi connectivity index (χ1) is 15.7. The number of hydrogen-bond donors (Lipinski definition) is 2. The van der Waals surface area contributed by atoms with Crippen molar-refractivity contribution >= 4 is 28.3 Å². The lowest BCUT2D eigenvalue weighted by Gasteiger charge is -2.36. The number of carbonyl (C=O) groups is 1. The van der Waals surface area contributed by atoms with Crippen LogP contribution in [-0.2, 0) is 17.4 Å². The number of benzene rings is 1. The number of aliphatic carboxylic acids is 1. The van der Waals surface area contributed by atoms with Crippen LogP contribution in [0.3, 0.4) is 0 Å². The predicted octanol–water partition coefficient (Wildman–Crippen LogP) is 5.94. The SMILES string of the molecule is O=C(O)[C@]1(Cc2cccc(Nc3nccs3)n2)CC[C@@H](Oc2cccc(C(F)(F)F)c2)CC1. The van der Waals surface area contributed by atoms with Crippen molar-refractivity contribution in [1.29, 1.82) is 0 Å². The van der Waals surface area contributed by atoms with Crippen molar-refractivity contribution in [1.82, 2.24) is 9.97 Å². The standard InChI is InChI=1S/C23H22F3N3O3S/c24-23(25,26)15-3-1-5-18(13-15)32-17-7-9-22(10-8-17,20(30)31)14-16-4-2-6-19(28-16)29-21-27-11-12-33-21/h1-6,11-13,17H,7-10,14H2,(H,30,31)(H,27,28,29)/t17-,22-. The Hall–Kier alpha value is -3.14. The molecule has 0 unspecified atom stereocenters. The summed E-state index contributed by atoms with van der Waals surface area (Å²) in [5.41, 5.74) is -1.12. The molecule has 2 aromatic heterocycles. The molecule has 0 radical (unpaired) electrons. The molecule has 1 aliphatic carbocycles. The van der Waals surface area contributed by atoms with Crippen molar-refractivity contribution in [3.8, 4) is 5.75 Å². The number of hydrogen-bond acceptors (Lipinski definition) is 6. The van der Waals surface area contributed by atoms with Gasteiger partial charge < -0.3 is 15.2 Å². The summed E-state index contributed by atoms with van der Waals surface area (Å²) in [6, 6.07) is 10.2. The number of halogens is 3. The molecule has 10 heteroatoms. The monoisotopic (exact) mass is 477 g/mol. The summed E-state index contributed by atoms with van der Waals surface area (Å²) in [6.45, 7) is 0. The van der Waals surface area contributed by atoms with E-state index >= 15 is 0 Å². The highest BCUT2D eigenvalue weighted by Gasteiger charge is 2.43. The van der Waals surface area contributed by atoms with Crippen molar-refractivity contribution in [3.05, 3.63) is 65.3 Å². The van der Waals surface area contributed by atoms with Crippen molar-refractivity contribution in [2.24, 2.45) is 5.41 Å². The minimum atomic E-state index is -4.44. The maximum absolute atomic E-state index is 12.9. The van der Waals surface area contributed by atoms with Gasteiger partial charge in [0.25, 0.3) is 0 Å². The Morgan fingerprint density at radius 3 is 2.64 bits per heavy atom. The van der Waals surface area contributed by atoms with Gasteiger partial charge in [-0.2, -0.15) is 13.2 Å². The van der Waals surface area contributed by atoms with E-state index < -0.39 is 23.1 Å². The van der Waals surface area contributed by atoms with Crippen LogP contribution in [0, 0.1) is 5.41 Å². The normalized spacial score (nSPS) is 20.9. The van der Waals surface area contributed by atoms with Gasteiger partial charge in [-0.3, -0.25) is 4.79 Å². The van der Waals surface area contributed by atoms with Crippen LogP contribution in [0.25, 0.3) is 0 Å². The van der Waals surface area contributed by atoms with Crippen LogP contribution in [0.5, 0.6) is 5.75 Å². The second-order valence-electron chi connectivity index (χ2n) is 8.08. The molecule has 0 bridgehead atoms. The zero-order chi connectivity index (χ0) is 23.5. The number of thiazole rings is 1. The molecule has 0 aliphatic heterocycles. The van der Waals surface area contributed by atoms with Gasteiger partial charge >= 0.3 is 12.1 Å². The molecular formula is C23H22F3N3O3S. The predicted molar refractivity (Wildman–Crippen MR) is 118 cm³/mol. The molecule has 2 heterocycles. The molecule has 33 heavy (non-hydrogen) atoms. The van der Waals surface area contributed by atoms with E-state index in [9.17, 15) is 23.1 Å². The molecule has 0 saturated heterocycles. The molecule has 3 aromatic rings. The van der Waals surface area contributed by atoms with E-state index in [0.29, 0.717) is 42.3 Å². The number of carboxylic acid groups (broad SMARTS) is 1. The van der Waals surface area contributed by atoms with Crippen LogP contribution in [0.15, 0.2) is 54.0 Å². The minimum absolute atomic E-state index is 0.139. The summed E-state index contributed by atoms with van der Waals surface area (Å²) >= 11 is 1.43. The van der Waals surface area contributed by atoms with E-state index in [1.165, 1.54) is 23.5 Å². The molecule has 6 nitrogen and oxygen atoms in total. The van der Waals surface area contributed by atoms with Crippen molar-refractivity contribution < 1.29 is 27.8 Å². The van der Waals surface area contributed by atoms with Gasteiger partial charge in [0.15, 0.2) is 5.13 Å². The highest BCUT2D eigenvalue weighted by Crippen LogP contribution is 2.41. The van der Waals surface area contributed by atoms with Gasteiger partial charge in [-0.05, 0) is 56.0 Å². The average Bonchev–Trinajstić information content (AvgIpc) is 3.28. The summed E-state index contributed by atoms with van der Waals surface area (Å²) in [7, 11) is 0. The van der Waals surface area contributed by atoms with Crippen molar-refractivity contribution in [2.75, 3.05) is 5.32 Å². The third-order valence-corrected chi connectivity index (χ3v) is 6.49. The summed E-state index contributed by atoms with van der Waals surface area (Å²) < 4.78 is 44.6. The summed E-state index contributed by atoms with van der Waals surface area (Å²) in [6.07, 6.45) is -1.30. The third kappa shape index (κ3) is 5.62. The Morgan fingerprint density at radius 2 is 1.97 bits per heavy atom. The number of anilines is 2. The lowest BCUT2D eigenvalue weighted by atomic mass is 9.70. The Kier molecular flexibility index (Phi) is 6.55. The molecule has 1 fully saturated rings. The topological polar surface area (TPSA) is 84.3 Å². The number of alkyl halides is 3. The first-order valence-electron chi connectivity index (χ1n) is 10.4. The van der Waals surface area contributed by atoms with E-state index in [2.05, 4.69) is 15.3 Å². The second-order valence-corrected chi connectivity index (χ2v) is 8.98. The first kappa shape index (κ1) is 23.0. The van der Waals surface area contributed by atoms with Gasteiger partial charge in [-0.15, -0.1) is 11.3 Å². The fourth-order valence-corrected chi connectivity index (χ4v) is 4.59. The number of nitrogens with zero attached hydrogens (tertiary/aromatic N) is 2. The lowest BCUT2D eigenvalue weighted by molar-refractivity contribution is -0.152. The van der Waals surface area contributed by atoms with E-state index in [0.717, 1.165) is 12.1 Å². The summed E-state index contributed by atoms with van der Waals surface area (Å²) in [5.74, 6) is -0.176. The Balaban J connectivity index is 1.41. The van der Waals surface area contributed by atoms with Crippen molar-refractivity contribution in [2.45, 2.75) is 44.4 Å². The molecule has 174 valence electrons. The fourth-order valence-electron chi connectivity index (χ4n) is 4.06. The highest BCUT2D eigenvalue weighted by atomic mass is 32.1. The quantitative estimate of drug-likeness (QED) is 0.438. The average molecular weight is 478 g/mol. The van der Waals surface area contributed by atoms with Gasteiger partial charge in [0, 0.05) is 23.7 Å². The molecule has 1 saturated carbocycles. The molecule has 1 aromatic carbocycles. The minimum Gasteiger partial charge on any atom is -0.490 e. The summed E-state index contributed by atoms with van der Waals surface area (Å²) in [4.78, 5) is 20.9. The number of rotatable bonds is 7. The van der Waals surface area contributed by atoms with Crippen LogP contribution in [0.4, 0.5) is 24.1 Å². The van der Waals surface area contributed by atoms with Gasteiger partial charge in [0.2, 0.25) is 0 Å². The maximum Gasteiger partial charge on any atom is 0.416 e. The maximum atomic E-state index is 12.9. The number of ether oxygens (including phenoxy) is 1. The molecule has 2 N–H and O–H groups in total. The van der Waals surface area contributed by atoms with Crippen molar-refractivity contribution in [3.63, 3.8) is 0 Å². The Labute approximate surface area is 192 Å². The zero-order valence-electron chi connectivity index (χ0n) is 17.5. The Bertz CT molecular complexity index is 1100. The fraction of sp³-hybridized carbons (Fsp3) is 0.348. The molecule has 0 spiro atoms. The number of pyridine rings is 1. The molecule has 1 aliphatic rings. The smallest absolute Gasteiger partial charge is 0.416 e. The van der Waals surface area contributed by atoms with Crippen LogP contribution in [0.2, 0.25) is 0 Å². The highest BCUT2D eigenvalue weighted by molar-refractivity contribution is 7.13. The van der Waals surface area contributed by atoms with Crippen LogP contribution >= 0.6 is 11.3 Å². The van der Waals surface area contributed by atoms with Gasteiger partial charge in [0.1, 0.15) is 11.6 Å². The summed E-state index contributed by atoms with van der Waals surface area (Å²) in [5, 5.41) is 15.6. The van der Waals surface area contributed by atoms with E-state index in [1.54, 1.807) is 18.3 Å². The van der Waals surface area contributed by atoms with Crippen LogP contribution in [0.1, 0.15) is 36.9 Å². The number of aromatic nitrogens is 2. The van der Waals surface area contributed by atoms with E-state index in [1.807, 2.05) is 11.4 Å². The van der Waals surface area contributed by atoms with Gasteiger partial charge in [0.05, 0.1) is 17.1 Å². The lowest BCUT2D eigenvalue weighted by Crippen LogP contribution is -2.40. The zero-order valence-corrected chi connectivity index (χ0v) is 18.3. The van der Waals surface area contributed by atoms with Crippen LogP contribution < -0.4 is 10.1 Å². The van der Waals surface area contributed by atoms with E-state index in [-0.39, 0.29) is 18.3 Å². The largest absolute Gasteiger partial charge is 0.490 e. The molecule has 0 amide bonds. The van der Waals surface area contributed by atoms with Gasteiger partial charge in [-0.25, -0.2) is 9.97 Å². The molecule has 4 rings (SSSR count). The van der Waals surface area contributed by atoms with E-state index in [4.69, 9.17) is 4.74 Å².